The van der Waals surface area contributed by atoms with E-state index < -0.39 is 0 Å². The zero-order valence-electron chi connectivity index (χ0n) is 16.6. The Balaban J connectivity index is 1.48. The summed E-state index contributed by atoms with van der Waals surface area (Å²) in [5.41, 5.74) is 2.45. The summed E-state index contributed by atoms with van der Waals surface area (Å²) in [5, 5.41) is 11.1. The second-order valence-corrected chi connectivity index (χ2v) is 8.05. The average Bonchev–Trinajstić information content (AvgIpc) is 3.00. The monoisotopic (exact) mass is 394 g/mol. The van der Waals surface area contributed by atoms with Gasteiger partial charge in [0.05, 0.1) is 18.3 Å². The third kappa shape index (κ3) is 3.70. The first-order valence-corrected chi connectivity index (χ1v) is 9.47. The van der Waals surface area contributed by atoms with Crippen molar-refractivity contribution in [3.05, 3.63) is 71.4 Å². The van der Waals surface area contributed by atoms with Crippen molar-refractivity contribution in [2.75, 3.05) is 11.9 Å². The molecule has 0 radical (unpaired) electrons. The molecule has 1 N–H and O–H groups in total. The average molecular weight is 394 g/mol. The summed E-state index contributed by atoms with van der Waals surface area (Å²) < 4.78 is 15.1. The molecule has 29 heavy (non-hydrogen) atoms. The summed E-state index contributed by atoms with van der Waals surface area (Å²) in [7, 11) is 0. The standard InChI is InChI=1S/C21H23FN6O/c1-14-19(25-26-28(14)12-15-6-4-8-17(22)10-15)24-20(29)27-13-21(2,3)18(27)16-7-5-9-23-11-16/h4-11,18H,12-13H2,1-3H3,(H,24,29). The Morgan fingerprint density at radius 2 is 2.14 bits per heavy atom. The summed E-state index contributed by atoms with van der Waals surface area (Å²) >= 11 is 0. The van der Waals surface area contributed by atoms with Gasteiger partial charge in [0.1, 0.15) is 5.82 Å². The van der Waals surface area contributed by atoms with Gasteiger partial charge in [-0.1, -0.05) is 37.3 Å². The number of pyridine rings is 1. The van der Waals surface area contributed by atoms with Gasteiger partial charge >= 0.3 is 6.03 Å². The molecule has 1 aromatic carbocycles. The molecule has 3 aromatic rings. The molecule has 8 heteroatoms. The number of carbonyl (C=O) groups is 1. The number of urea groups is 1. The highest BCUT2D eigenvalue weighted by atomic mass is 19.1. The molecule has 1 unspecified atom stereocenters. The van der Waals surface area contributed by atoms with Crippen LogP contribution in [0, 0.1) is 18.2 Å². The SMILES string of the molecule is Cc1c(NC(=O)N2CC(C)(C)C2c2cccnc2)nnn1Cc1cccc(F)c1. The van der Waals surface area contributed by atoms with E-state index in [1.807, 2.05) is 25.1 Å². The van der Waals surface area contributed by atoms with Crippen molar-refractivity contribution >= 4 is 11.8 Å². The molecular weight excluding hydrogens is 371 g/mol. The number of hydrogen-bond acceptors (Lipinski definition) is 4. The molecule has 1 atom stereocenters. The van der Waals surface area contributed by atoms with Crippen LogP contribution < -0.4 is 5.32 Å². The lowest BCUT2D eigenvalue weighted by atomic mass is 9.72. The lowest BCUT2D eigenvalue weighted by Gasteiger charge is -2.54. The van der Waals surface area contributed by atoms with Crippen LogP contribution in [0.2, 0.25) is 0 Å². The highest BCUT2D eigenvalue weighted by Gasteiger charge is 2.49. The summed E-state index contributed by atoms with van der Waals surface area (Å²) in [4.78, 5) is 18.9. The van der Waals surface area contributed by atoms with Gasteiger partial charge in [-0.3, -0.25) is 10.3 Å². The number of amides is 2. The molecule has 0 aliphatic carbocycles. The zero-order chi connectivity index (χ0) is 20.6. The summed E-state index contributed by atoms with van der Waals surface area (Å²) in [6, 6.07) is 9.92. The minimum absolute atomic E-state index is 0.0373. The van der Waals surface area contributed by atoms with E-state index in [1.165, 1.54) is 12.1 Å². The summed E-state index contributed by atoms with van der Waals surface area (Å²) in [6.45, 7) is 7.11. The van der Waals surface area contributed by atoms with E-state index in [0.717, 1.165) is 11.1 Å². The van der Waals surface area contributed by atoms with Crippen molar-refractivity contribution < 1.29 is 9.18 Å². The van der Waals surface area contributed by atoms with Crippen LogP contribution in [0.15, 0.2) is 48.8 Å². The van der Waals surface area contributed by atoms with E-state index in [9.17, 15) is 9.18 Å². The Hall–Kier alpha value is -3.29. The Labute approximate surface area is 168 Å². The highest BCUT2D eigenvalue weighted by molar-refractivity contribution is 5.89. The largest absolute Gasteiger partial charge is 0.323 e. The van der Waals surface area contributed by atoms with Gasteiger partial charge in [0.15, 0.2) is 5.82 Å². The number of anilines is 1. The molecule has 7 nitrogen and oxygen atoms in total. The molecule has 4 rings (SSSR count). The molecule has 2 aromatic heterocycles. The van der Waals surface area contributed by atoms with E-state index in [0.29, 0.717) is 24.6 Å². The fourth-order valence-corrected chi connectivity index (χ4v) is 3.89. The number of aromatic nitrogens is 4. The number of likely N-dealkylation sites (tertiary alicyclic amines) is 1. The zero-order valence-corrected chi connectivity index (χ0v) is 16.6. The van der Waals surface area contributed by atoms with Gasteiger partial charge in [0.2, 0.25) is 0 Å². The highest BCUT2D eigenvalue weighted by Crippen LogP contribution is 2.48. The topological polar surface area (TPSA) is 75.9 Å². The maximum Gasteiger partial charge on any atom is 0.323 e. The van der Waals surface area contributed by atoms with Gasteiger partial charge in [-0.25, -0.2) is 13.9 Å². The maximum atomic E-state index is 13.4. The van der Waals surface area contributed by atoms with Crippen LogP contribution in [0.5, 0.6) is 0 Å². The fraction of sp³-hybridized carbons (Fsp3) is 0.333. The minimum Gasteiger partial charge on any atom is -0.316 e. The molecule has 0 saturated carbocycles. The molecule has 1 fully saturated rings. The number of halogens is 1. The minimum atomic E-state index is -0.296. The van der Waals surface area contributed by atoms with Crippen LogP contribution in [0.25, 0.3) is 0 Å². The molecular formula is C21H23FN6O. The third-order valence-corrected chi connectivity index (χ3v) is 5.32. The van der Waals surface area contributed by atoms with Crippen LogP contribution in [-0.4, -0.2) is 37.5 Å². The quantitative estimate of drug-likeness (QED) is 0.731. The first kappa shape index (κ1) is 19.0. The van der Waals surface area contributed by atoms with Gasteiger partial charge in [-0.15, -0.1) is 5.10 Å². The number of carbonyl (C=O) groups excluding carboxylic acids is 1. The molecule has 0 bridgehead atoms. The summed E-state index contributed by atoms with van der Waals surface area (Å²) in [6.07, 6.45) is 3.52. The van der Waals surface area contributed by atoms with E-state index in [2.05, 4.69) is 34.5 Å². The van der Waals surface area contributed by atoms with Gasteiger partial charge in [0.25, 0.3) is 0 Å². The van der Waals surface area contributed by atoms with Crippen molar-refractivity contribution in [1.29, 1.82) is 0 Å². The lowest BCUT2D eigenvalue weighted by Crippen LogP contribution is -2.59. The van der Waals surface area contributed by atoms with Crippen molar-refractivity contribution in [2.24, 2.45) is 5.41 Å². The predicted molar refractivity (Wildman–Crippen MR) is 107 cm³/mol. The van der Waals surface area contributed by atoms with Crippen LogP contribution in [0.1, 0.15) is 36.7 Å². The van der Waals surface area contributed by atoms with Crippen molar-refractivity contribution in [2.45, 2.75) is 33.4 Å². The number of nitrogens with one attached hydrogen (secondary N) is 1. The van der Waals surface area contributed by atoms with Crippen LogP contribution >= 0.6 is 0 Å². The Kier molecular flexibility index (Phi) is 4.77. The van der Waals surface area contributed by atoms with E-state index in [1.54, 1.807) is 28.0 Å². The number of hydrogen-bond donors (Lipinski definition) is 1. The van der Waals surface area contributed by atoms with Crippen LogP contribution in [-0.2, 0) is 6.54 Å². The molecule has 1 aliphatic heterocycles. The fourth-order valence-electron chi connectivity index (χ4n) is 3.89. The second kappa shape index (κ2) is 7.27. The molecule has 2 amide bonds. The molecule has 3 heterocycles. The van der Waals surface area contributed by atoms with Crippen LogP contribution in [0.3, 0.4) is 0 Å². The summed E-state index contributed by atoms with van der Waals surface area (Å²) in [5.74, 6) is 0.108. The van der Waals surface area contributed by atoms with Crippen LogP contribution in [0.4, 0.5) is 15.0 Å². The molecule has 1 saturated heterocycles. The van der Waals surface area contributed by atoms with Crippen molar-refractivity contribution in [3.8, 4) is 0 Å². The molecule has 1 aliphatic rings. The van der Waals surface area contributed by atoms with E-state index in [4.69, 9.17) is 0 Å². The smallest absolute Gasteiger partial charge is 0.316 e. The van der Waals surface area contributed by atoms with Gasteiger partial charge < -0.3 is 4.90 Å². The Morgan fingerprint density at radius 3 is 2.83 bits per heavy atom. The van der Waals surface area contributed by atoms with E-state index >= 15 is 0 Å². The predicted octanol–water partition coefficient (Wildman–Crippen LogP) is 3.78. The maximum absolute atomic E-state index is 13.4. The normalized spacial score (nSPS) is 17.7. The van der Waals surface area contributed by atoms with Gasteiger partial charge in [-0.05, 0) is 36.2 Å². The van der Waals surface area contributed by atoms with Gasteiger partial charge in [0, 0.05) is 24.4 Å². The van der Waals surface area contributed by atoms with E-state index in [-0.39, 0.29) is 23.3 Å². The number of benzene rings is 1. The number of rotatable bonds is 4. The first-order valence-electron chi connectivity index (χ1n) is 9.47. The van der Waals surface area contributed by atoms with Crippen molar-refractivity contribution in [1.82, 2.24) is 24.9 Å². The first-order chi connectivity index (χ1) is 13.8. The van der Waals surface area contributed by atoms with Gasteiger partial charge in [-0.2, -0.15) is 0 Å². The molecule has 0 spiro atoms. The Bertz CT molecular complexity index is 1030. The molecule has 150 valence electrons. The van der Waals surface area contributed by atoms with Crippen molar-refractivity contribution in [3.63, 3.8) is 0 Å². The second-order valence-electron chi connectivity index (χ2n) is 8.05. The number of nitrogens with zero attached hydrogens (tertiary/aromatic N) is 5. The third-order valence-electron chi connectivity index (χ3n) is 5.32. The Morgan fingerprint density at radius 1 is 1.31 bits per heavy atom. The lowest BCUT2D eigenvalue weighted by molar-refractivity contribution is -0.0117.